The van der Waals surface area contributed by atoms with E-state index in [1.165, 1.54) is 4.88 Å². The summed E-state index contributed by atoms with van der Waals surface area (Å²) in [5, 5.41) is 2.04. The number of sulfone groups is 1. The van der Waals surface area contributed by atoms with Crippen molar-refractivity contribution in [3.8, 4) is 0 Å². The first kappa shape index (κ1) is 20.1. The second-order valence-electron chi connectivity index (χ2n) is 7.55. The molecule has 2 heterocycles. The van der Waals surface area contributed by atoms with Gasteiger partial charge in [0.1, 0.15) is 0 Å². The molecule has 154 valence electrons. The molecule has 2 aromatic rings. The van der Waals surface area contributed by atoms with Gasteiger partial charge in [0.05, 0.1) is 10.6 Å². The van der Waals surface area contributed by atoms with Gasteiger partial charge in [0.25, 0.3) is 0 Å². The van der Waals surface area contributed by atoms with Gasteiger partial charge in [-0.05, 0) is 30.0 Å². The number of carbonyl (C=O) groups is 2. The zero-order valence-electron chi connectivity index (χ0n) is 16.1. The third-order valence-corrected chi connectivity index (χ3v) is 8.38. The fourth-order valence-electron chi connectivity index (χ4n) is 3.82. The van der Waals surface area contributed by atoms with E-state index in [0.717, 1.165) is 6.42 Å². The monoisotopic (exact) mass is 432 g/mol. The number of hydrogen-bond donors (Lipinski definition) is 0. The number of thiophene rings is 1. The lowest BCUT2D eigenvalue weighted by atomic mass is 10.2. The van der Waals surface area contributed by atoms with Crippen molar-refractivity contribution in [2.24, 2.45) is 5.92 Å². The summed E-state index contributed by atoms with van der Waals surface area (Å²) in [7, 11) is -3.46. The topological polar surface area (TPSA) is 74.8 Å². The molecular weight excluding hydrogens is 408 g/mol. The number of benzene rings is 1. The summed E-state index contributed by atoms with van der Waals surface area (Å²) in [5.74, 6) is 0.249. The van der Waals surface area contributed by atoms with Crippen LogP contribution >= 0.6 is 11.3 Å². The second-order valence-corrected chi connectivity index (χ2v) is 10.6. The van der Waals surface area contributed by atoms with E-state index >= 15 is 0 Å². The van der Waals surface area contributed by atoms with Crippen molar-refractivity contribution in [2.75, 3.05) is 31.9 Å². The first-order valence-electron chi connectivity index (χ1n) is 9.83. The third-order valence-electron chi connectivity index (χ3n) is 5.65. The molecule has 2 fully saturated rings. The minimum atomic E-state index is -3.46. The molecule has 2 amide bonds. The van der Waals surface area contributed by atoms with Gasteiger partial charge >= 0.3 is 0 Å². The van der Waals surface area contributed by atoms with Gasteiger partial charge in [-0.1, -0.05) is 24.3 Å². The Kier molecular flexibility index (Phi) is 5.74. The molecule has 2 unspecified atom stereocenters. The Hall–Kier alpha value is -2.19. The summed E-state index contributed by atoms with van der Waals surface area (Å²) in [6.07, 6.45) is 0.879. The summed E-state index contributed by atoms with van der Waals surface area (Å²) in [5.41, 5.74) is 0. The van der Waals surface area contributed by atoms with Crippen molar-refractivity contribution in [3.05, 3.63) is 52.7 Å². The number of carbonyl (C=O) groups excluding carboxylic acids is 2. The van der Waals surface area contributed by atoms with Crippen molar-refractivity contribution in [1.82, 2.24) is 9.80 Å². The van der Waals surface area contributed by atoms with Gasteiger partial charge in [0.2, 0.25) is 11.8 Å². The Morgan fingerprint density at radius 2 is 1.66 bits per heavy atom. The van der Waals surface area contributed by atoms with E-state index in [9.17, 15) is 18.0 Å². The largest absolute Gasteiger partial charge is 0.339 e. The van der Waals surface area contributed by atoms with E-state index in [-0.39, 0.29) is 34.8 Å². The van der Waals surface area contributed by atoms with E-state index in [2.05, 4.69) is 6.07 Å². The molecule has 0 N–H and O–H groups in total. The SMILES string of the molecule is O=C(CCS(=O)(=O)c1ccccc1)N1CCN(C(=O)C2CC2c2cccs2)CC1. The summed E-state index contributed by atoms with van der Waals surface area (Å²) in [4.78, 5) is 30.2. The van der Waals surface area contributed by atoms with Crippen molar-refractivity contribution >= 4 is 33.0 Å². The van der Waals surface area contributed by atoms with Gasteiger partial charge in [0, 0.05) is 49.3 Å². The van der Waals surface area contributed by atoms with Gasteiger partial charge < -0.3 is 9.80 Å². The maximum Gasteiger partial charge on any atom is 0.226 e. The van der Waals surface area contributed by atoms with Gasteiger partial charge in [-0.25, -0.2) is 8.42 Å². The lowest BCUT2D eigenvalue weighted by Gasteiger charge is -2.35. The van der Waals surface area contributed by atoms with Crippen molar-refractivity contribution in [1.29, 1.82) is 0 Å². The quantitative estimate of drug-likeness (QED) is 0.703. The summed E-state index contributed by atoms with van der Waals surface area (Å²) in [6.45, 7) is 1.96. The molecule has 8 heteroatoms. The minimum Gasteiger partial charge on any atom is -0.339 e. The average molecular weight is 433 g/mol. The van der Waals surface area contributed by atoms with Crippen LogP contribution in [0.5, 0.6) is 0 Å². The molecule has 29 heavy (non-hydrogen) atoms. The van der Waals surface area contributed by atoms with Gasteiger partial charge in [-0.15, -0.1) is 11.3 Å². The Morgan fingerprint density at radius 1 is 0.966 bits per heavy atom. The maximum absolute atomic E-state index is 12.7. The number of piperazine rings is 1. The molecule has 0 spiro atoms. The highest BCUT2D eigenvalue weighted by atomic mass is 32.2. The van der Waals surface area contributed by atoms with Gasteiger partial charge in [-0.3, -0.25) is 9.59 Å². The number of nitrogens with zero attached hydrogens (tertiary/aromatic N) is 2. The Labute approximate surface area is 175 Å². The smallest absolute Gasteiger partial charge is 0.226 e. The van der Waals surface area contributed by atoms with Gasteiger partial charge in [-0.2, -0.15) is 0 Å². The highest BCUT2D eigenvalue weighted by Gasteiger charge is 2.46. The Bertz CT molecular complexity index is 965. The van der Waals surface area contributed by atoms with Crippen LogP contribution in [-0.4, -0.2) is 62.0 Å². The van der Waals surface area contributed by atoms with Crippen LogP contribution in [0.2, 0.25) is 0 Å². The van der Waals surface area contributed by atoms with E-state index in [1.54, 1.807) is 46.6 Å². The molecule has 1 saturated carbocycles. The number of rotatable bonds is 6. The summed E-state index contributed by atoms with van der Waals surface area (Å²) in [6, 6.07) is 12.3. The van der Waals surface area contributed by atoms with Crippen molar-refractivity contribution < 1.29 is 18.0 Å². The predicted octanol–water partition coefficient (Wildman–Crippen LogP) is 2.39. The van der Waals surface area contributed by atoms with E-state index in [0.29, 0.717) is 32.1 Å². The van der Waals surface area contributed by atoms with Crippen LogP contribution in [0.1, 0.15) is 23.6 Å². The van der Waals surface area contributed by atoms with Crippen LogP contribution in [0.25, 0.3) is 0 Å². The molecule has 1 aromatic heterocycles. The maximum atomic E-state index is 12.7. The van der Waals surface area contributed by atoms with Crippen LogP contribution in [-0.2, 0) is 19.4 Å². The molecule has 2 aliphatic rings. The fraction of sp³-hybridized carbons (Fsp3) is 0.429. The average Bonchev–Trinajstić information content (AvgIpc) is 3.36. The summed E-state index contributed by atoms with van der Waals surface area (Å²) < 4.78 is 24.7. The van der Waals surface area contributed by atoms with Crippen LogP contribution in [0.15, 0.2) is 52.7 Å². The van der Waals surface area contributed by atoms with Crippen molar-refractivity contribution in [3.63, 3.8) is 0 Å². The zero-order chi connectivity index (χ0) is 20.4. The standard InChI is InChI=1S/C21H24N2O4S2/c24-20(8-14-29(26,27)16-5-2-1-3-6-16)22-9-11-23(12-10-22)21(25)18-15-17(18)19-7-4-13-28-19/h1-7,13,17-18H,8-12,14-15H2. The van der Waals surface area contributed by atoms with Crippen molar-refractivity contribution in [2.45, 2.75) is 23.7 Å². The van der Waals surface area contributed by atoms with Crippen LogP contribution in [0.4, 0.5) is 0 Å². The molecule has 6 nitrogen and oxygen atoms in total. The van der Waals surface area contributed by atoms with Gasteiger partial charge in [0.15, 0.2) is 9.84 Å². The molecular formula is C21H24N2O4S2. The molecule has 4 rings (SSSR count). The van der Waals surface area contributed by atoms with Crippen LogP contribution in [0.3, 0.4) is 0 Å². The number of amides is 2. The van der Waals surface area contributed by atoms with E-state index in [1.807, 2.05) is 16.3 Å². The molecule has 0 radical (unpaired) electrons. The van der Waals surface area contributed by atoms with E-state index in [4.69, 9.17) is 0 Å². The van der Waals surface area contributed by atoms with Crippen LogP contribution in [0, 0.1) is 5.92 Å². The van der Waals surface area contributed by atoms with Crippen LogP contribution < -0.4 is 0 Å². The minimum absolute atomic E-state index is 0.0335. The Morgan fingerprint density at radius 3 is 2.31 bits per heavy atom. The predicted molar refractivity (Wildman–Crippen MR) is 111 cm³/mol. The molecule has 1 aliphatic carbocycles. The Balaban J connectivity index is 1.24. The molecule has 2 atom stereocenters. The normalized spacial score (nSPS) is 21.8. The zero-order valence-corrected chi connectivity index (χ0v) is 17.7. The first-order chi connectivity index (χ1) is 14.0. The molecule has 1 aromatic carbocycles. The van der Waals surface area contributed by atoms with E-state index < -0.39 is 9.84 Å². The lowest BCUT2D eigenvalue weighted by Crippen LogP contribution is -2.51. The molecule has 0 bridgehead atoms. The highest BCUT2D eigenvalue weighted by Crippen LogP contribution is 2.50. The molecule has 1 saturated heterocycles. The first-order valence-corrected chi connectivity index (χ1v) is 12.4. The second kappa shape index (κ2) is 8.28. The third kappa shape index (κ3) is 4.53. The highest BCUT2D eigenvalue weighted by molar-refractivity contribution is 7.91. The fourth-order valence-corrected chi connectivity index (χ4v) is 5.98. The molecule has 1 aliphatic heterocycles. The number of hydrogen-bond acceptors (Lipinski definition) is 5. The lowest BCUT2D eigenvalue weighted by molar-refractivity contribution is -0.140. The summed E-state index contributed by atoms with van der Waals surface area (Å²) >= 11 is 1.70.